The van der Waals surface area contributed by atoms with Crippen LogP contribution < -0.4 is 5.73 Å². The molecule has 2 aromatic carbocycles. The zero-order valence-electron chi connectivity index (χ0n) is 11.5. The lowest BCUT2D eigenvalue weighted by Crippen LogP contribution is -1.90. The van der Waals surface area contributed by atoms with Gasteiger partial charge < -0.3 is 5.73 Å². The molecule has 0 radical (unpaired) electrons. The minimum absolute atomic E-state index is 0.188. The van der Waals surface area contributed by atoms with Gasteiger partial charge in [-0.1, -0.05) is 53.7 Å². The van der Waals surface area contributed by atoms with Crippen LogP contribution in [0.2, 0.25) is 0 Å². The number of nitrogens with two attached hydrogens (primary N) is 1. The van der Waals surface area contributed by atoms with Crippen molar-refractivity contribution in [1.82, 2.24) is 0 Å². The molecule has 4 heteroatoms. The zero-order valence-corrected chi connectivity index (χ0v) is 12.4. The van der Waals surface area contributed by atoms with E-state index >= 15 is 0 Å². The van der Waals surface area contributed by atoms with Crippen molar-refractivity contribution in [3.63, 3.8) is 0 Å². The normalized spacial score (nSPS) is 16.3. The maximum atomic E-state index is 12.0. The Morgan fingerprint density at radius 3 is 2.38 bits per heavy atom. The molecule has 1 aliphatic rings. The van der Waals surface area contributed by atoms with Gasteiger partial charge in [0.25, 0.3) is 5.91 Å². The van der Waals surface area contributed by atoms with Gasteiger partial charge in [-0.3, -0.25) is 4.79 Å². The number of hydrogen-bond acceptors (Lipinski definition) is 3. The second-order valence-electron chi connectivity index (χ2n) is 4.87. The summed E-state index contributed by atoms with van der Waals surface area (Å²) in [4.78, 5) is 16.8. The highest BCUT2D eigenvalue weighted by atomic mass is 32.2. The molecule has 0 aromatic heterocycles. The number of nitrogen functional groups attached to an aromatic ring is 1. The minimum Gasteiger partial charge on any atom is -0.399 e. The average molecular weight is 294 g/mol. The second-order valence-corrected chi connectivity index (χ2v) is 5.90. The highest BCUT2D eigenvalue weighted by Gasteiger charge is 2.22. The second kappa shape index (κ2) is 5.58. The summed E-state index contributed by atoms with van der Waals surface area (Å²) in [5.74, 6) is -0.188. The van der Waals surface area contributed by atoms with Gasteiger partial charge in [0.15, 0.2) is 0 Å². The van der Waals surface area contributed by atoms with Gasteiger partial charge in [-0.25, -0.2) is 4.99 Å². The van der Waals surface area contributed by atoms with Crippen LogP contribution in [0.15, 0.2) is 58.4 Å². The standard InChI is InChI=1S/C17H14N2OS/c1-11-2-6-13(7-3-11)17-19-16(20)15(21-17)10-12-4-8-14(18)9-5-12/h2-10H,18H2,1H3/b15-10-. The van der Waals surface area contributed by atoms with Crippen LogP contribution in [0.4, 0.5) is 5.69 Å². The van der Waals surface area contributed by atoms with E-state index in [0.29, 0.717) is 10.6 Å². The van der Waals surface area contributed by atoms with Crippen LogP contribution >= 0.6 is 11.8 Å². The molecule has 3 nitrogen and oxygen atoms in total. The van der Waals surface area contributed by atoms with Crippen LogP contribution in [0, 0.1) is 6.92 Å². The molecule has 2 N–H and O–H groups in total. The molecule has 0 fully saturated rings. The number of thioether (sulfide) groups is 1. The van der Waals surface area contributed by atoms with Gasteiger partial charge in [0, 0.05) is 11.3 Å². The molecule has 2 aromatic rings. The molecule has 0 atom stereocenters. The Kier molecular flexibility index (Phi) is 3.62. The third-order valence-corrected chi connectivity index (χ3v) is 4.19. The van der Waals surface area contributed by atoms with Crippen LogP contribution in [0.5, 0.6) is 0 Å². The van der Waals surface area contributed by atoms with E-state index in [1.807, 2.05) is 61.5 Å². The summed E-state index contributed by atoms with van der Waals surface area (Å²) in [5, 5.41) is 0.752. The Hall–Kier alpha value is -2.33. The number of amides is 1. The molecule has 0 saturated carbocycles. The lowest BCUT2D eigenvalue weighted by Gasteiger charge is -2.00. The number of benzene rings is 2. The van der Waals surface area contributed by atoms with Crippen molar-refractivity contribution >= 4 is 34.5 Å². The first kappa shape index (κ1) is 13.6. The fourth-order valence-corrected chi connectivity index (χ4v) is 2.89. The van der Waals surface area contributed by atoms with E-state index in [1.165, 1.54) is 17.3 Å². The molecule has 0 saturated heterocycles. The topological polar surface area (TPSA) is 55.5 Å². The van der Waals surface area contributed by atoms with Crippen LogP contribution in [0.25, 0.3) is 6.08 Å². The SMILES string of the molecule is Cc1ccc(C2=NC(=O)/C(=C/c3ccc(N)cc3)S2)cc1. The van der Waals surface area contributed by atoms with E-state index < -0.39 is 0 Å². The van der Waals surface area contributed by atoms with Crippen molar-refractivity contribution in [2.24, 2.45) is 4.99 Å². The van der Waals surface area contributed by atoms with Gasteiger partial charge in [-0.15, -0.1) is 0 Å². The van der Waals surface area contributed by atoms with Crippen molar-refractivity contribution in [2.45, 2.75) is 6.92 Å². The Morgan fingerprint density at radius 1 is 1.05 bits per heavy atom. The Labute approximate surface area is 127 Å². The first-order valence-electron chi connectivity index (χ1n) is 6.57. The smallest absolute Gasteiger partial charge is 0.284 e. The average Bonchev–Trinajstić information content (AvgIpc) is 2.83. The lowest BCUT2D eigenvalue weighted by atomic mass is 10.2. The van der Waals surface area contributed by atoms with Crippen LogP contribution in [-0.4, -0.2) is 11.0 Å². The van der Waals surface area contributed by atoms with E-state index in [0.717, 1.165) is 16.2 Å². The molecule has 0 aliphatic carbocycles. The monoisotopic (exact) mass is 294 g/mol. The van der Waals surface area contributed by atoms with Crippen LogP contribution in [-0.2, 0) is 4.79 Å². The Bertz CT molecular complexity index is 743. The minimum atomic E-state index is -0.188. The Morgan fingerprint density at radius 2 is 1.71 bits per heavy atom. The van der Waals surface area contributed by atoms with Crippen LogP contribution in [0.3, 0.4) is 0 Å². The van der Waals surface area contributed by atoms with E-state index in [-0.39, 0.29) is 5.91 Å². The molecule has 0 spiro atoms. The molecule has 0 bridgehead atoms. The first-order valence-corrected chi connectivity index (χ1v) is 7.38. The summed E-state index contributed by atoms with van der Waals surface area (Å²) in [6.07, 6.45) is 1.84. The van der Waals surface area contributed by atoms with Gasteiger partial charge in [0.2, 0.25) is 0 Å². The van der Waals surface area contributed by atoms with E-state index in [9.17, 15) is 4.79 Å². The summed E-state index contributed by atoms with van der Waals surface area (Å²) in [7, 11) is 0. The van der Waals surface area contributed by atoms with Crippen molar-refractivity contribution in [3.05, 3.63) is 70.1 Å². The molecular weight excluding hydrogens is 280 g/mol. The van der Waals surface area contributed by atoms with Crippen LogP contribution in [0.1, 0.15) is 16.7 Å². The molecule has 1 aliphatic heterocycles. The maximum absolute atomic E-state index is 12.0. The van der Waals surface area contributed by atoms with Crippen molar-refractivity contribution in [2.75, 3.05) is 5.73 Å². The number of rotatable bonds is 2. The van der Waals surface area contributed by atoms with Gasteiger partial charge in [0.1, 0.15) is 5.04 Å². The number of anilines is 1. The molecule has 0 unspecified atom stereocenters. The van der Waals surface area contributed by atoms with Gasteiger partial charge in [0.05, 0.1) is 4.91 Å². The fraction of sp³-hybridized carbons (Fsp3) is 0.0588. The van der Waals surface area contributed by atoms with Crippen molar-refractivity contribution < 1.29 is 4.79 Å². The van der Waals surface area contributed by atoms with E-state index in [2.05, 4.69) is 4.99 Å². The largest absolute Gasteiger partial charge is 0.399 e. The lowest BCUT2D eigenvalue weighted by molar-refractivity contribution is -0.113. The molecule has 21 heavy (non-hydrogen) atoms. The predicted molar refractivity (Wildman–Crippen MR) is 89.1 cm³/mol. The summed E-state index contributed by atoms with van der Waals surface area (Å²) in [5.41, 5.74) is 9.47. The summed E-state index contributed by atoms with van der Waals surface area (Å²) >= 11 is 1.41. The maximum Gasteiger partial charge on any atom is 0.284 e. The van der Waals surface area contributed by atoms with Gasteiger partial charge in [-0.05, 0) is 30.7 Å². The molecule has 1 amide bonds. The fourth-order valence-electron chi connectivity index (χ4n) is 1.97. The number of nitrogens with zero attached hydrogens (tertiary/aromatic N) is 1. The van der Waals surface area contributed by atoms with E-state index in [1.54, 1.807) is 0 Å². The molecule has 104 valence electrons. The number of aliphatic imine (C=N–C) groups is 1. The predicted octanol–water partition coefficient (Wildman–Crippen LogP) is 3.64. The van der Waals surface area contributed by atoms with Gasteiger partial charge in [-0.2, -0.15) is 0 Å². The molecule has 3 rings (SSSR count). The van der Waals surface area contributed by atoms with Crippen molar-refractivity contribution in [3.8, 4) is 0 Å². The number of carbonyl (C=O) groups excluding carboxylic acids is 1. The quantitative estimate of drug-likeness (QED) is 0.679. The first-order chi connectivity index (χ1) is 10.1. The van der Waals surface area contributed by atoms with Crippen molar-refractivity contribution in [1.29, 1.82) is 0 Å². The van der Waals surface area contributed by atoms with E-state index in [4.69, 9.17) is 5.73 Å². The highest BCUT2D eigenvalue weighted by Crippen LogP contribution is 2.31. The summed E-state index contributed by atoms with van der Waals surface area (Å²) in [6, 6.07) is 15.4. The third-order valence-electron chi connectivity index (χ3n) is 3.15. The highest BCUT2D eigenvalue weighted by molar-refractivity contribution is 8.19. The molecule has 1 heterocycles. The van der Waals surface area contributed by atoms with Gasteiger partial charge >= 0.3 is 0 Å². The number of carbonyl (C=O) groups is 1. The Balaban J connectivity index is 1.84. The summed E-state index contributed by atoms with van der Waals surface area (Å²) < 4.78 is 0. The number of aryl methyl sites for hydroxylation is 1. The summed E-state index contributed by atoms with van der Waals surface area (Å²) in [6.45, 7) is 2.03. The molecular formula is C17H14N2OS. The number of hydrogen-bond donors (Lipinski definition) is 1. The zero-order chi connectivity index (χ0) is 14.8. The third kappa shape index (κ3) is 3.06.